The zero-order valence-corrected chi connectivity index (χ0v) is 15.1. The van der Waals surface area contributed by atoms with Crippen LogP contribution in [0, 0.1) is 20.8 Å². The Kier molecular flexibility index (Phi) is 5.56. The van der Waals surface area contributed by atoms with E-state index in [4.69, 9.17) is 0 Å². The van der Waals surface area contributed by atoms with Gasteiger partial charge in [-0.25, -0.2) is 0 Å². The van der Waals surface area contributed by atoms with Crippen LogP contribution in [0.2, 0.25) is 0 Å². The second kappa shape index (κ2) is 7.22. The van der Waals surface area contributed by atoms with Crippen LogP contribution in [0.15, 0.2) is 30.3 Å². The van der Waals surface area contributed by atoms with Crippen molar-refractivity contribution in [3.05, 3.63) is 63.7 Å². The van der Waals surface area contributed by atoms with Gasteiger partial charge in [-0.1, -0.05) is 43.7 Å². The standard InChI is InChI=1S/C20H25OP/c1-6-17-8-9-18(7-2)20(12-17)22(21)13-19-15(4)10-14(3)11-16(19)5/h8-13H,6-7H2,1-5H3. The fourth-order valence-electron chi connectivity index (χ4n) is 2.92. The van der Waals surface area contributed by atoms with Gasteiger partial charge in [-0.15, -0.1) is 0 Å². The molecule has 2 heteroatoms. The molecule has 116 valence electrons. The van der Waals surface area contributed by atoms with E-state index in [1.807, 2.05) is 5.80 Å². The Balaban J connectivity index is 2.54. The molecule has 2 rings (SSSR count). The van der Waals surface area contributed by atoms with E-state index in [2.05, 4.69) is 65.0 Å². The molecule has 0 aliphatic carbocycles. The van der Waals surface area contributed by atoms with Crippen molar-refractivity contribution in [1.29, 1.82) is 0 Å². The molecule has 0 aliphatic rings. The third-order valence-electron chi connectivity index (χ3n) is 4.16. The maximum absolute atomic E-state index is 12.9. The number of aryl methyl sites for hydroxylation is 5. The van der Waals surface area contributed by atoms with Crippen molar-refractivity contribution in [1.82, 2.24) is 0 Å². The van der Waals surface area contributed by atoms with Gasteiger partial charge in [0.15, 0.2) is 0 Å². The van der Waals surface area contributed by atoms with Crippen molar-refractivity contribution in [2.24, 2.45) is 0 Å². The van der Waals surface area contributed by atoms with E-state index in [1.165, 1.54) is 27.8 Å². The molecular formula is C20H25OP. The van der Waals surface area contributed by atoms with Crippen LogP contribution in [-0.2, 0) is 12.8 Å². The molecule has 0 fully saturated rings. The highest BCUT2D eigenvalue weighted by molar-refractivity contribution is 7.58. The van der Waals surface area contributed by atoms with Gasteiger partial charge in [-0.05, 0) is 56.4 Å². The van der Waals surface area contributed by atoms with E-state index in [1.54, 1.807) is 0 Å². The quantitative estimate of drug-likeness (QED) is 0.783. The maximum Gasteiger partial charge on any atom is 0.148 e. The van der Waals surface area contributed by atoms with Gasteiger partial charge < -0.3 is 4.89 Å². The molecule has 0 saturated heterocycles. The molecule has 0 aliphatic heterocycles. The topological polar surface area (TPSA) is 23.1 Å². The average molecular weight is 312 g/mol. The van der Waals surface area contributed by atoms with Gasteiger partial charge in [-0.3, -0.25) is 0 Å². The van der Waals surface area contributed by atoms with Gasteiger partial charge in [0.2, 0.25) is 0 Å². The third-order valence-corrected chi connectivity index (χ3v) is 5.54. The summed E-state index contributed by atoms with van der Waals surface area (Å²) >= 11 is 0. The first-order valence-corrected chi connectivity index (χ1v) is 9.30. The molecule has 0 amide bonds. The zero-order valence-electron chi connectivity index (χ0n) is 14.2. The summed E-state index contributed by atoms with van der Waals surface area (Å²) in [5.74, 6) is 1.95. The Morgan fingerprint density at radius 2 is 1.59 bits per heavy atom. The molecule has 0 bridgehead atoms. The molecule has 1 atom stereocenters. The molecule has 1 unspecified atom stereocenters. The minimum atomic E-state index is -1.52. The summed E-state index contributed by atoms with van der Waals surface area (Å²) in [6, 6.07) is 10.7. The van der Waals surface area contributed by atoms with E-state index in [0.717, 1.165) is 23.7 Å². The van der Waals surface area contributed by atoms with E-state index in [0.29, 0.717) is 0 Å². The summed E-state index contributed by atoms with van der Waals surface area (Å²) < 4.78 is 0. The molecule has 0 aromatic heterocycles. The van der Waals surface area contributed by atoms with Crippen LogP contribution in [-0.4, -0.2) is 5.80 Å². The van der Waals surface area contributed by atoms with Crippen LogP contribution < -0.4 is 10.2 Å². The van der Waals surface area contributed by atoms with Crippen LogP contribution in [0.3, 0.4) is 0 Å². The van der Waals surface area contributed by atoms with Crippen molar-refractivity contribution in [3.63, 3.8) is 0 Å². The molecule has 0 radical (unpaired) electrons. The SMILES string of the molecule is CCc1ccc(CC)c([P+]([O-])=Cc2c(C)cc(C)cc2C)c1. The molecule has 22 heavy (non-hydrogen) atoms. The molecule has 2 aromatic carbocycles. The molecule has 1 nitrogen and oxygen atoms in total. The average Bonchev–Trinajstić information content (AvgIpc) is 2.49. The molecular weight excluding hydrogens is 287 g/mol. The first-order valence-electron chi connectivity index (χ1n) is 7.97. The highest BCUT2D eigenvalue weighted by Gasteiger charge is 2.12. The summed E-state index contributed by atoms with van der Waals surface area (Å²) in [4.78, 5) is 12.9. The third kappa shape index (κ3) is 3.66. The van der Waals surface area contributed by atoms with E-state index in [9.17, 15) is 4.89 Å². The lowest BCUT2D eigenvalue weighted by Gasteiger charge is -2.09. The smallest absolute Gasteiger partial charge is 0.148 e. The Labute approximate surface area is 135 Å². The first kappa shape index (κ1) is 16.9. The van der Waals surface area contributed by atoms with Gasteiger partial charge >= 0.3 is 0 Å². The largest absolute Gasteiger partial charge is 0.626 e. The summed E-state index contributed by atoms with van der Waals surface area (Å²) in [6.07, 6.45) is 1.89. The number of rotatable bonds is 4. The monoisotopic (exact) mass is 312 g/mol. The lowest BCUT2D eigenvalue weighted by molar-refractivity contribution is -0.149. The second-order valence-electron chi connectivity index (χ2n) is 5.94. The van der Waals surface area contributed by atoms with Gasteiger partial charge in [-0.2, -0.15) is 0 Å². The van der Waals surface area contributed by atoms with Gasteiger partial charge in [0, 0.05) is 11.1 Å². The van der Waals surface area contributed by atoms with Crippen LogP contribution in [0.5, 0.6) is 0 Å². The lowest BCUT2D eigenvalue weighted by Crippen LogP contribution is -2.13. The van der Waals surface area contributed by atoms with E-state index in [-0.39, 0.29) is 0 Å². The molecule has 0 saturated carbocycles. The zero-order chi connectivity index (χ0) is 16.3. The van der Waals surface area contributed by atoms with Gasteiger partial charge in [0.1, 0.15) is 11.1 Å². The normalized spacial score (nSPS) is 11.8. The summed E-state index contributed by atoms with van der Waals surface area (Å²) in [7, 11) is -1.52. The van der Waals surface area contributed by atoms with Crippen LogP contribution in [0.1, 0.15) is 47.2 Å². The summed E-state index contributed by atoms with van der Waals surface area (Å²) in [5.41, 5.74) is 7.22. The molecule has 2 aromatic rings. The van der Waals surface area contributed by atoms with Crippen LogP contribution in [0.4, 0.5) is 0 Å². The highest BCUT2D eigenvalue weighted by atomic mass is 31.1. The number of hydrogen-bond donors (Lipinski definition) is 0. The van der Waals surface area contributed by atoms with Crippen molar-refractivity contribution in [2.45, 2.75) is 47.5 Å². The van der Waals surface area contributed by atoms with E-state index >= 15 is 0 Å². The highest BCUT2D eigenvalue weighted by Crippen LogP contribution is 2.22. The summed E-state index contributed by atoms with van der Waals surface area (Å²) in [6.45, 7) is 10.5. The Bertz CT molecular complexity index is 691. The Morgan fingerprint density at radius 1 is 0.955 bits per heavy atom. The first-order chi connectivity index (χ1) is 10.5. The fraction of sp³-hybridized carbons (Fsp3) is 0.350. The maximum atomic E-state index is 12.9. The minimum Gasteiger partial charge on any atom is -0.626 e. The van der Waals surface area contributed by atoms with Crippen LogP contribution >= 0.6 is 7.77 Å². The fourth-order valence-corrected chi connectivity index (χ4v) is 4.50. The van der Waals surface area contributed by atoms with Gasteiger partial charge in [0.25, 0.3) is 0 Å². The summed E-state index contributed by atoms with van der Waals surface area (Å²) in [5, 5.41) is 0.997. The van der Waals surface area contributed by atoms with Crippen LogP contribution in [0.25, 0.3) is 0 Å². The van der Waals surface area contributed by atoms with Crippen molar-refractivity contribution >= 4 is 18.9 Å². The van der Waals surface area contributed by atoms with Crippen molar-refractivity contribution in [2.75, 3.05) is 0 Å². The molecule has 0 spiro atoms. The lowest BCUT2D eigenvalue weighted by atomic mass is 10.0. The Hall–Kier alpha value is -1.43. The Morgan fingerprint density at radius 3 is 2.14 bits per heavy atom. The van der Waals surface area contributed by atoms with E-state index < -0.39 is 7.77 Å². The van der Waals surface area contributed by atoms with Crippen molar-refractivity contribution < 1.29 is 4.89 Å². The molecule has 0 heterocycles. The predicted molar refractivity (Wildman–Crippen MR) is 97.6 cm³/mol. The second-order valence-corrected chi connectivity index (χ2v) is 7.33. The van der Waals surface area contributed by atoms with Gasteiger partial charge in [0.05, 0.1) is 7.77 Å². The number of hydrogen-bond acceptors (Lipinski definition) is 1. The minimum absolute atomic E-state index is 0.917. The number of benzene rings is 2. The van der Waals surface area contributed by atoms with Crippen molar-refractivity contribution in [3.8, 4) is 0 Å². The predicted octanol–water partition coefficient (Wildman–Crippen LogP) is 3.97. The molecule has 0 N–H and O–H groups in total.